The number of ketones is 1. The van der Waals surface area contributed by atoms with Gasteiger partial charge in [0.25, 0.3) is 0 Å². The molecule has 2 aromatic carbocycles. The summed E-state index contributed by atoms with van der Waals surface area (Å²) < 4.78 is 37.8. The Hall–Kier alpha value is -5.68. The van der Waals surface area contributed by atoms with Crippen molar-refractivity contribution in [2.24, 2.45) is 16.7 Å². The van der Waals surface area contributed by atoms with Crippen molar-refractivity contribution in [1.29, 1.82) is 0 Å². The van der Waals surface area contributed by atoms with Crippen molar-refractivity contribution >= 4 is 42.0 Å². The molecule has 0 saturated carbocycles. The summed E-state index contributed by atoms with van der Waals surface area (Å²) in [6.45, 7) is 4.17. The smallest absolute Gasteiger partial charge is 0.407 e. The van der Waals surface area contributed by atoms with Crippen LogP contribution < -0.4 is 32.6 Å². The van der Waals surface area contributed by atoms with Crippen molar-refractivity contribution in [3.63, 3.8) is 0 Å². The molecular formula is C36H49F2N7O8. The van der Waals surface area contributed by atoms with Crippen LogP contribution in [0.3, 0.4) is 0 Å². The Kier molecular flexibility index (Phi) is 21.6. The largest absolute Gasteiger partial charge is 0.480 e. The maximum Gasteiger partial charge on any atom is 0.407 e. The number of hydrazone groups is 1. The third-order valence-corrected chi connectivity index (χ3v) is 7.48. The molecule has 0 aromatic heterocycles. The zero-order valence-corrected chi connectivity index (χ0v) is 30.2. The number of nitrogens with two attached hydrogens (primary N) is 2. The summed E-state index contributed by atoms with van der Waals surface area (Å²) in [6.07, 6.45) is 2.46. The average Bonchev–Trinajstić information content (AvgIpc) is 3.56. The number of para-hydroxylation sites is 1. The highest BCUT2D eigenvalue weighted by Crippen LogP contribution is 2.31. The number of rotatable bonds is 18. The number of aldehydes is 1. The summed E-state index contributed by atoms with van der Waals surface area (Å²) in [5.74, 6) is 1.51. The third-order valence-electron chi connectivity index (χ3n) is 7.48. The number of carbonyl (C=O) groups is 5. The topological polar surface area (TPSA) is 228 Å². The second kappa shape index (κ2) is 25.3. The number of amides is 3. The summed E-state index contributed by atoms with van der Waals surface area (Å²) in [5, 5.41) is 15.8. The van der Waals surface area contributed by atoms with Crippen LogP contribution in [-0.4, -0.2) is 73.3 Å². The maximum atomic E-state index is 13.9. The van der Waals surface area contributed by atoms with E-state index in [2.05, 4.69) is 21.3 Å². The van der Waals surface area contributed by atoms with Crippen LogP contribution in [0, 0.1) is 0 Å². The molecule has 3 rings (SSSR count). The lowest BCUT2D eigenvalue weighted by atomic mass is 10.1. The molecule has 0 radical (unpaired) electrons. The Balaban J connectivity index is 0.000000551. The number of aliphatic hydroxyl groups is 1. The fraction of sp³-hybridized carbons (Fsp3) is 0.389. The first kappa shape index (κ1) is 45.3. The predicted octanol–water partition coefficient (Wildman–Crippen LogP) is 3.12. The quantitative estimate of drug-likeness (QED) is 0.0247. The molecule has 0 aliphatic carbocycles. The third kappa shape index (κ3) is 15.6. The number of nitrogens with one attached hydrogen (secondary N) is 3. The van der Waals surface area contributed by atoms with E-state index in [0.29, 0.717) is 37.1 Å². The van der Waals surface area contributed by atoms with E-state index in [-0.39, 0.29) is 31.9 Å². The summed E-state index contributed by atoms with van der Waals surface area (Å²) in [5.41, 5.74) is 10.0. The van der Waals surface area contributed by atoms with Crippen molar-refractivity contribution in [3.8, 4) is 0 Å². The van der Waals surface area contributed by atoms with E-state index in [0.717, 1.165) is 24.3 Å². The van der Waals surface area contributed by atoms with Gasteiger partial charge in [-0.1, -0.05) is 55.5 Å². The molecule has 53 heavy (non-hydrogen) atoms. The van der Waals surface area contributed by atoms with Crippen LogP contribution >= 0.6 is 0 Å². The van der Waals surface area contributed by atoms with Crippen LogP contribution in [0.1, 0.15) is 57.6 Å². The molecule has 3 atom stereocenters. The van der Waals surface area contributed by atoms with Gasteiger partial charge in [0.2, 0.25) is 12.3 Å². The van der Waals surface area contributed by atoms with Crippen molar-refractivity contribution in [3.05, 3.63) is 89.2 Å². The number of nitrogens with zero attached hydrogens (tertiary/aromatic N) is 2. The van der Waals surface area contributed by atoms with E-state index in [4.69, 9.17) is 26.2 Å². The number of fused-ring (bicyclic) bond motifs is 1. The van der Waals surface area contributed by atoms with Gasteiger partial charge in [0.05, 0.1) is 6.04 Å². The van der Waals surface area contributed by atoms with E-state index in [9.17, 15) is 32.8 Å². The van der Waals surface area contributed by atoms with Crippen LogP contribution in [-0.2, 0) is 41.7 Å². The van der Waals surface area contributed by atoms with E-state index in [1.54, 1.807) is 24.3 Å². The molecule has 0 saturated heterocycles. The Morgan fingerprint density at radius 1 is 1.06 bits per heavy atom. The van der Waals surface area contributed by atoms with Crippen LogP contribution in [0.2, 0.25) is 0 Å². The van der Waals surface area contributed by atoms with Crippen molar-refractivity contribution in [1.82, 2.24) is 16.2 Å². The molecule has 290 valence electrons. The molecule has 1 aliphatic rings. The van der Waals surface area contributed by atoms with Crippen LogP contribution in [0.25, 0.3) is 0 Å². The number of hydrazine groups is 1. The molecule has 0 spiro atoms. The fourth-order valence-corrected chi connectivity index (χ4v) is 4.75. The van der Waals surface area contributed by atoms with Gasteiger partial charge in [-0.2, -0.15) is 5.10 Å². The molecule has 8 N–H and O–H groups in total. The Morgan fingerprint density at radius 3 is 2.32 bits per heavy atom. The first-order valence-electron chi connectivity index (χ1n) is 16.6. The molecule has 0 fully saturated rings. The molecule has 1 heterocycles. The normalized spacial score (nSPS) is 15.0. The molecule has 15 nitrogen and oxygen atoms in total. The molecule has 0 bridgehead atoms. The average molecular weight is 746 g/mol. The van der Waals surface area contributed by atoms with E-state index < -0.39 is 53.9 Å². The van der Waals surface area contributed by atoms with Gasteiger partial charge in [-0.05, 0) is 43.5 Å². The number of aliphatic hydroxyl groups excluding tert-OH is 1. The monoisotopic (exact) mass is 745 g/mol. The van der Waals surface area contributed by atoms with Crippen molar-refractivity contribution in [2.45, 2.75) is 77.6 Å². The fourth-order valence-electron chi connectivity index (χ4n) is 4.75. The number of halogens is 2. The first-order valence-corrected chi connectivity index (χ1v) is 16.6. The minimum Gasteiger partial charge on any atom is -0.480 e. The number of carbonyl (C=O) groups excluding carboxylic acids is 5. The zero-order chi connectivity index (χ0) is 39.8. The molecule has 3 unspecified atom stereocenters. The summed E-state index contributed by atoms with van der Waals surface area (Å²) in [4.78, 5) is 60.6. The van der Waals surface area contributed by atoms with Gasteiger partial charge in [0, 0.05) is 44.5 Å². The Morgan fingerprint density at radius 2 is 1.72 bits per heavy atom. The lowest BCUT2D eigenvalue weighted by Gasteiger charge is -2.23. The SMILES string of the molecule is C/C=C(F)\C(OCC(=O)C(CC=O)NC(=O)C1Cc2ccccc2N1C=O)=C(\F)CC.CC(CC/C(N)=N/NN)NC(=O)OCc1ccccc1.CO. The lowest BCUT2D eigenvalue weighted by molar-refractivity contribution is -0.131. The lowest BCUT2D eigenvalue weighted by Crippen LogP contribution is -2.51. The number of alkyl carbamates (subject to hydrolysis) is 1. The standard InChI is InChI=1S/C22H24F2N2O5.C13H21N5O2.CH4O/c1-3-15(23)21(16(24)4-2)31-12-20(29)17(9-10-27)25-22(30)19-11-14-7-5-6-8-18(14)26(19)13-28;1-10(7-8-12(14)17-18-15)16-13(19)20-9-11-5-3-2-4-6-11;1-2/h3,5-8,10,13,17,19H,4,9,11-12H2,1-2H3,(H,25,30);2-6,10,18H,7-9,15H2,1H3,(H2,14,17)(H,16,19);2H,1H3/b15-3+,21-16-;;. The van der Waals surface area contributed by atoms with E-state index in [1.165, 1.54) is 18.7 Å². The van der Waals surface area contributed by atoms with Gasteiger partial charge in [-0.25, -0.2) is 25.0 Å². The number of benzene rings is 2. The summed E-state index contributed by atoms with van der Waals surface area (Å²) >= 11 is 0. The van der Waals surface area contributed by atoms with Crippen molar-refractivity contribution in [2.75, 3.05) is 18.6 Å². The minimum absolute atomic E-state index is 0.0650. The predicted molar refractivity (Wildman–Crippen MR) is 195 cm³/mol. The Bertz CT molecular complexity index is 1570. The zero-order valence-electron chi connectivity index (χ0n) is 30.2. The molecule has 3 amide bonds. The molecule has 1 aliphatic heterocycles. The van der Waals surface area contributed by atoms with Crippen molar-refractivity contribution < 1.29 is 47.3 Å². The highest BCUT2D eigenvalue weighted by atomic mass is 19.1. The van der Waals surface area contributed by atoms with Gasteiger partial charge in [-0.15, -0.1) is 0 Å². The van der Waals surface area contributed by atoms with Gasteiger partial charge in [-0.3, -0.25) is 14.4 Å². The number of ether oxygens (including phenoxy) is 2. The number of hydrogen-bond donors (Lipinski definition) is 6. The van der Waals surface area contributed by atoms with Crippen LogP contribution in [0.4, 0.5) is 19.3 Å². The minimum atomic E-state index is -1.26. The second-order valence-electron chi connectivity index (χ2n) is 11.2. The number of anilines is 1. The van der Waals surface area contributed by atoms with E-state index in [1.807, 2.05) is 37.3 Å². The van der Waals surface area contributed by atoms with Crippen LogP contribution in [0.15, 0.2) is 83.2 Å². The first-order chi connectivity index (χ1) is 25.5. The number of hydrogen-bond acceptors (Lipinski definition) is 11. The van der Waals surface area contributed by atoms with Gasteiger partial charge in [0.15, 0.2) is 17.4 Å². The number of Topliss-reactive ketones (excluding diaryl/α,β-unsaturated/α-hetero) is 1. The van der Waals surface area contributed by atoms with Gasteiger partial charge < -0.3 is 40.6 Å². The Labute approximate surface area is 307 Å². The molecule has 2 aromatic rings. The highest BCUT2D eigenvalue weighted by Gasteiger charge is 2.36. The van der Waals surface area contributed by atoms with E-state index >= 15 is 0 Å². The molecule has 17 heteroatoms. The molecular weight excluding hydrogens is 696 g/mol. The number of allylic oxidation sites excluding steroid dienone is 3. The maximum absolute atomic E-state index is 13.9. The van der Waals surface area contributed by atoms with Gasteiger partial charge >= 0.3 is 6.09 Å². The highest BCUT2D eigenvalue weighted by molar-refractivity contribution is 5.98. The summed E-state index contributed by atoms with van der Waals surface area (Å²) in [6, 6.07) is 14.3. The number of amidine groups is 1. The summed E-state index contributed by atoms with van der Waals surface area (Å²) in [7, 11) is 1.00. The van der Waals surface area contributed by atoms with Gasteiger partial charge in [0.1, 0.15) is 37.2 Å². The second-order valence-corrected chi connectivity index (χ2v) is 11.2. The van der Waals surface area contributed by atoms with Crippen LogP contribution in [0.5, 0.6) is 0 Å².